The fraction of sp³-hybridized carbons (Fsp3) is 0.615. The van der Waals surface area contributed by atoms with Crippen LogP contribution in [0.15, 0.2) is 21.9 Å². The van der Waals surface area contributed by atoms with E-state index in [1.54, 1.807) is 23.8 Å². The average molecular weight is 307 g/mol. The molecule has 9 heteroatoms. The molecule has 0 radical (unpaired) electrons. The standard InChI is InChI=1S/C13H21N7O2/c1-2-22-12(21)19-5-3-10(4-6-19)18-13-11(16-8-17-13)7-15-9-20(13)14/h7-10,18H,2-6,14H2,1H3,(H,16,17). The first kappa shape index (κ1) is 14.8. The summed E-state index contributed by atoms with van der Waals surface area (Å²) in [4.78, 5) is 21.8. The fourth-order valence-electron chi connectivity index (χ4n) is 2.87. The van der Waals surface area contributed by atoms with Gasteiger partial charge in [0.2, 0.25) is 5.79 Å². The molecule has 0 aromatic carbocycles. The Morgan fingerprint density at radius 2 is 2.36 bits per heavy atom. The van der Waals surface area contributed by atoms with Crippen LogP contribution in [-0.2, 0) is 4.74 Å². The molecule has 120 valence electrons. The van der Waals surface area contributed by atoms with Gasteiger partial charge < -0.3 is 15.0 Å². The normalized spacial score (nSPS) is 27.5. The summed E-state index contributed by atoms with van der Waals surface area (Å²) in [6, 6.07) is 0.209. The number of piperidine rings is 1. The van der Waals surface area contributed by atoms with Crippen molar-refractivity contribution in [3.05, 3.63) is 11.9 Å². The third kappa shape index (κ3) is 2.53. The highest BCUT2D eigenvalue weighted by Gasteiger charge is 2.44. The third-order valence-corrected chi connectivity index (χ3v) is 4.06. The highest BCUT2D eigenvalue weighted by molar-refractivity contribution is 5.69. The zero-order chi connectivity index (χ0) is 15.6. The van der Waals surface area contributed by atoms with Gasteiger partial charge in [0, 0.05) is 19.1 Å². The van der Waals surface area contributed by atoms with Crippen molar-refractivity contribution in [2.45, 2.75) is 31.6 Å². The van der Waals surface area contributed by atoms with Crippen molar-refractivity contribution in [1.29, 1.82) is 0 Å². The largest absolute Gasteiger partial charge is 0.450 e. The highest BCUT2D eigenvalue weighted by atomic mass is 16.6. The maximum absolute atomic E-state index is 11.7. The number of carbonyl (C=O) groups is 1. The Morgan fingerprint density at radius 3 is 3.09 bits per heavy atom. The summed E-state index contributed by atoms with van der Waals surface area (Å²) in [5.74, 6) is 5.29. The molecule has 3 aliphatic rings. The molecule has 0 bridgehead atoms. The van der Waals surface area contributed by atoms with E-state index in [9.17, 15) is 4.79 Å². The second-order valence-corrected chi connectivity index (χ2v) is 5.40. The van der Waals surface area contributed by atoms with Gasteiger partial charge in [0.05, 0.1) is 19.1 Å². The zero-order valence-electron chi connectivity index (χ0n) is 12.5. The molecular weight excluding hydrogens is 286 g/mol. The van der Waals surface area contributed by atoms with E-state index in [1.807, 2.05) is 6.92 Å². The van der Waals surface area contributed by atoms with Crippen LogP contribution < -0.4 is 16.5 Å². The molecule has 3 heterocycles. The molecule has 3 aliphatic heterocycles. The number of hydrogen-bond donors (Lipinski definition) is 3. The van der Waals surface area contributed by atoms with Crippen molar-refractivity contribution >= 4 is 18.8 Å². The second kappa shape index (κ2) is 5.93. The molecule has 0 saturated carbocycles. The SMILES string of the molecule is CCOC(=O)N1CCC(NC23NC=NC2=CN=CN3N)CC1. The van der Waals surface area contributed by atoms with Gasteiger partial charge >= 0.3 is 6.09 Å². The Labute approximate surface area is 128 Å². The molecule has 1 atom stereocenters. The molecule has 0 aromatic rings. The van der Waals surface area contributed by atoms with Gasteiger partial charge in [0.1, 0.15) is 12.0 Å². The lowest BCUT2D eigenvalue weighted by atomic mass is 10.0. The van der Waals surface area contributed by atoms with Crippen LogP contribution in [0.4, 0.5) is 4.79 Å². The van der Waals surface area contributed by atoms with E-state index < -0.39 is 5.79 Å². The number of amides is 1. The predicted molar refractivity (Wildman–Crippen MR) is 81.7 cm³/mol. The quantitative estimate of drug-likeness (QED) is 0.609. The molecule has 1 unspecified atom stereocenters. The Hall–Kier alpha value is -2.13. The van der Waals surface area contributed by atoms with Crippen molar-refractivity contribution in [1.82, 2.24) is 20.5 Å². The van der Waals surface area contributed by atoms with Gasteiger partial charge in [-0.1, -0.05) is 0 Å². The minimum Gasteiger partial charge on any atom is -0.450 e. The molecule has 9 nitrogen and oxygen atoms in total. The Balaban J connectivity index is 1.60. The number of fused-ring (bicyclic) bond motifs is 1. The molecule has 22 heavy (non-hydrogen) atoms. The maximum Gasteiger partial charge on any atom is 0.409 e. The second-order valence-electron chi connectivity index (χ2n) is 5.40. The molecule has 1 amide bonds. The number of aliphatic imine (C=N–C) groups is 2. The Morgan fingerprint density at radius 1 is 1.59 bits per heavy atom. The van der Waals surface area contributed by atoms with E-state index in [0.717, 1.165) is 18.5 Å². The molecule has 1 saturated heterocycles. The van der Waals surface area contributed by atoms with E-state index in [1.165, 1.54) is 5.01 Å². The maximum atomic E-state index is 11.7. The van der Waals surface area contributed by atoms with Crippen LogP contribution in [0.5, 0.6) is 0 Å². The number of nitrogens with two attached hydrogens (primary N) is 1. The Bertz CT molecular complexity index is 524. The van der Waals surface area contributed by atoms with Crippen molar-refractivity contribution in [2.24, 2.45) is 15.8 Å². The van der Waals surface area contributed by atoms with Crippen molar-refractivity contribution < 1.29 is 9.53 Å². The summed E-state index contributed by atoms with van der Waals surface area (Å²) in [7, 11) is 0. The number of nitrogens with zero attached hydrogens (tertiary/aromatic N) is 4. The lowest BCUT2D eigenvalue weighted by Gasteiger charge is -2.43. The number of hydrazine groups is 1. The topological polar surface area (TPSA) is 108 Å². The molecule has 4 N–H and O–H groups in total. The molecular formula is C13H21N7O2. The first-order chi connectivity index (χ1) is 10.7. The average Bonchev–Trinajstić information content (AvgIpc) is 2.93. The molecule has 0 spiro atoms. The summed E-state index contributed by atoms with van der Waals surface area (Å²) in [5.41, 5.74) is 0.727. The van der Waals surface area contributed by atoms with E-state index >= 15 is 0 Å². The van der Waals surface area contributed by atoms with Crippen molar-refractivity contribution in [3.8, 4) is 0 Å². The summed E-state index contributed by atoms with van der Waals surface area (Å²) in [5, 5.41) is 8.14. The van der Waals surface area contributed by atoms with E-state index in [0.29, 0.717) is 19.7 Å². The smallest absolute Gasteiger partial charge is 0.409 e. The minimum absolute atomic E-state index is 0.209. The lowest BCUT2D eigenvalue weighted by Crippen LogP contribution is -2.71. The van der Waals surface area contributed by atoms with Crippen LogP contribution in [-0.4, -0.2) is 60.2 Å². The summed E-state index contributed by atoms with van der Waals surface area (Å²) < 4.78 is 5.03. The van der Waals surface area contributed by atoms with Gasteiger partial charge in [-0.15, -0.1) is 0 Å². The van der Waals surface area contributed by atoms with E-state index in [4.69, 9.17) is 10.6 Å². The number of carbonyl (C=O) groups excluding carboxylic acids is 1. The molecule has 3 rings (SSSR count). The minimum atomic E-state index is -0.751. The molecule has 0 aliphatic carbocycles. The predicted octanol–water partition coefficient (Wildman–Crippen LogP) is -0.459. The number of nitrogens with one attached hydrogen (secondary N) is 2. The van der Waals surface area contributed by atoms with Crippen LogP contribution in [0.3, 0.4) is 0 Å². The first-order valence-corrected chi connectivity index (χ1v) is 7.43. The lowest BCUT2D eigenvalue weighted by molar-refractivity contribution is 0.0813. The third-order valence-electron chi connectivity index (χ3n) is 4.06. The fourth-order valence-corrected chi connectivity index (χ4v) is 2.87. The number of rotatable bonds is 3. The number of likely N-dealkylation sites (tertiary alicyclic amines) is 1. The Kier molecular flexibility index (Phi) is 3.99. The van der Waals surface area contributed by atoms with Crippen molar-refractivity contribution in [3.63, 3.8) is 0 Å². The van der Waals surface area contributed by atoms with E-state index in [2.05, 4.69) is 20.6 Å². The monoisotopic (exact) mass is 307 g/mol. The van der Waals surface area contributed by atoms with Crippen LogP contribution in [0.1, 0.15) is 19.8 Å². The van der Waals surface area contributed by atoms with Gasteiger partial charge in [0.25, 0.3) is 0 Å². The number of ether oxygens (including phenoxy) is 1. The van der Waals surface area contributed by atoms with Crippen molar-refractivity contribution in [2.75, 3.05) is 19.7 Å². The molecule has 1 fully saturated rings. The summed E-state index contributed by atoms with van der Waals surface area (Å²) in [6.07, 6.45) is 6.24. The van der Waals surface area contributed by atoms with Crippen LogP contribution >= 0.6 is 0 Å². The highest BCUT2D eigenvalue weighted by Crippen LogP contribution is 2.26. The zero-order valence-corrected chi connectivity index (χ0v) is 12.5. The van der Waals surface area contributed by atoms with Gasteiger partial charge in [-0.05, 0) is 19.8 Å². The molecule has 0 aromatic heterocycles. The van der Waals surface area contributed by atoms with Crippen LogP contribution in [0.25, 0.3) is 0 Å². The number of hydrogen-bond acceptors (Lipinski definition) is 8. The van der Waals surface area contributed by atoms with Crippen LogP contribution in [0.2, 0.25) is 0 Å². The summed E-state index contributed by atoms with van der Waals surface area (Å²) in [6.45, 7) is 3.53. The van der Waals surface area contributed by atoms with Gasteiger partial charge in [-0.25, -0.2) is 20.6 Å². The van der Waals surface area contributed by atoms with Gasteiger partial charge in [-0.2, -0.15) is 0 Å². The van der Waals surface area contributed by atoms with Crippen LogP contribution in [0, 0.1) is 0 Å². The summed E-state index contributed by atoms with van der Waals surface area (Å²) >= 11 is 0. The van der Waals surface area contributed by atoms with Gasteiger partial charge in [0.15, 0.2) is 0 Å². The first-order valence-electron chi connectivity index (χ1n) is 7.43. The van der Waals surface area contributed by atoms with Gasteiger partial charge in [-0.3, -0.25) is 10.3 Å². The van der Waals surface area contributed by atoms with E-state index in [-0.39, 0.29) is 12.1 Å².